The van der Waals surface area contributed by atoms with Crippen LogP contribution in [0.2, 0.25) is 0 Å². The summed E-state index contributed by atoms with van der Waals surface area (Å²) in [6.07, 6.45) is 16.6. The first-order valence-corrected chi connectivity index (χ1v) is 8.66. The molecule has 2 fully saturated rings. The summed E-state index contributed by atoms with van der Waals surface area (Å²) in [6, 6.07) is 3.43. The molecule has 0 amide bonds. The molecular weight excluding hydrogens is 272 g/mol. The zero-order valence-corrected chi connectivity index (χ0v) is 12.8. The van der Waals surface area contributed by atoms with Crippen LogP contribution in [0.5, 0.6) is 0 Å². The Morgan fingerprint density at radius 2 is 2.05 bits per heavy atom. The predicted octanol–water partition coefficient (Wildman–Crippen LogP) is 3.67. The highest BCUT2D eigenvalue weighted by molar-refractivity contribution is 5.87. The van der Waals surface area contributed by atoms with E-state index in [9.17, 15) is 0 Å². The lowest BCUT2D eigenvalue weighted by Crippen LogP contribution is -2.40. The minimum absolute atomic E-state index is 0.631. The summed E-state index contributed by atoms with van der Waals surface area (Å²) in [4.78, 5) is 15.0. The predicted molar refractivity (Wildman–Crippen MR) is 87.8 cm³/mol. The first-order valence-electron chi connectivity index (χ1n) is 8.66. The van der Waals surface area contributed by atoms with Crippen molar-refractivity contribution in [1.82, 2.24) is 15.0 Å². The molecule has 22 heavy (non-hydrogen) atoms. The maximum Gasteiger partial charge on any atom is 0.142 e. The molecule has 4 unspecified atom stereocenters. The molecule has 0 spiro atoms. The number of aromatic nitrogens is 3. The normalized spacial score (nSPS) is 33.9. The Bertz CT molecular complexity index is 719. The van der Waals surface area contributed by atoms with E-state index in [-0.39, 0.29) is 0 Å². The second kappa shape index (κ2) is 4.83. The molecule has 4 heteroatoms. The van der Waals surface area contributed by atoms with Crippen molar-refractivity contribution in [2.24, 2.45) is 11.8 Å². The van der Waals surface area contributed by atoms with Crippen molar-refractivity contribution >= 4 is 16.9 Å². The van der Waals surface area contributed by atoms with Crippen molar-refractivity contribution in [3.8, 4) is 0 Å². The van der Waals surface area contributed by atoms with E-state index in [1.165, 1.54) is 43.9 Å². The molecule has 5 rings (SSSR count). The van der Waals surface area contributed by atoms with Gasteiger partial charge in [0.2, 0.25) is 0 Å². The summed E-state index contributed by atoms with van der Waals surface area (Å²) >= 11 is 0. The van der Waals surface area contributed by atoms with Crippen LogP contribution in [0.15, 0.2) is 30.7 Å². The van der Waals surface area contributed by atoms with E-state index in [0.717, 1.165) is 23.3 Å². The number of allylic oxidation sites excluding steroid dienone is 1. The molecule has 2 aliphatic carbocycles. The van der Waals surface area contributed by atoms with Crippen molar-refractivity contribution in [3.05, 3.63) is 30.7 Å². The van der Waals surface area contributed by atoms with Crippen LogP contribution in [-0.4, -0.2) is 27.0 Å². The van der Waals surface area contributed by atoms with Gasteiger partial charge in [0.25, 0.3) is 0 Å². The third kappa shape index (κ3) is 1.70. The highest BCUT2D eigenvalue weighted by atomic mass is 15.3. The van der Waals surface area contributed by atoms with Gasteiger partial charge in [-0.1, -0.05) is 25.0 Å². The third-order valence-corrected chi connectivity index (χ3v) is 6.00. The molecule has 2 aromatic heterocycles. The SMILES string of the molecule is C1=CC2C3CCCCC3N(c3ncnc4[nH]ccc34)C2CC1. The van der Waals surface area contributed by atoms with Crippen molar-refractivity contribution in [1.29, 1.82) is 0 Å². The Morgan fingerprint density at radius 1 is 1.09 bits per heavy atom. The van der Waals surface area contributed by atoms with Gasteiger partial charge >= 0.3 is 0 Å². The Kier molecular flexibility index (Phi) is 2.79. The van der Waals surface area contributed by atoms with Crippen LogP contribution in [0.25, 0.3) is 11.0 Å². The van der Waals surface area contributed by atoms with Crippen molar-refractivity contribution in [2.75, 3.05) is 4.90 Å². The average Bonchev–Trinajstić information content (AvgIpc) is 3.17. The summed E-state index contributed by atoms with van der Waals surface area (Å²) in [7, 11) is 0. The van der Waals surface area contributed by atoms with Crippen molar-refractivity contribution in [2.45, 2.75) is 50.6 Å². The number of fused-ring (bicyclic) bond motifs is 4. The van der Waals surface area contributed by atoms with Crippen LogP contribution in [-0.2, 0) is 0 Å². The van der Waals surface area contributed by atoms with E-state index in [1.807, 2.05) is 6.20 Å². The van der Waals surface area contributed by atoms with Crippen molar-refractivity contribution in [3.63, 3.8) is 0 Å². The number of H-pyrrole nitrogens is 1. The average molecular weight is 294 g/mol. The zero-order chi connectivity index (χ0) is 14.5. The summed E-state index contributed by atoms with van der Waals surface area (Å²) in [5.41, 5.74) is 0.965. The number of nitrogens with zero attached hydrogens (tertiary/aromatic N) is 3. The van der Waals surface area contributed by atoms with Gasteiger partial charge in [0.15, 0.2) is 0 Å². The van der Waals surface area contributed by atoms with Gasteiger partial charge in [0.1, 0.15) is 17.8 Å². The van der Waals surface area contributed by atoms with Gasteiger partial charge < -0.3 is 9.88 Å². The van der Waals surface area contributed by atoms with Gasteiger partial charge in [-0.3, -0.25) is 0 Å². The van der Waals surface area contributed by atoms with E-state index in [0.29, 0.717) is 12.1 Å². The van der Waals surface area contributed by atoms with E-state index < -0.39 is 0 Å². The van der Waals surface area contributed by atoms with Crippen LogP contribution < -0.4 is 4.90 Å². The largest absolute Gasteiger partial charge is 0.349 e. The van der Waals surface area contributed by atoms with Gasteiger partial charge in [-0.15, -0.1) is 0 Å². The third-order valence-electron chi connectivity index (χ3n) is 6.00. The maximum absolute atomic E-state index is 4.71. The van der Waals surface area contributed by atoms with Crippen LogP contribution >= 0.6 is 0 Å². The highest BCUT2D eigenvalue weighted by Crippen LogP contribution is 2.49. The van der Waals surface area contributed by atoms with Gasteiger partial charge in [-0.25, -0.2) is 9.97 Å². The molecular formula is C18H22N4. The van der Waals surface area contributed by atoms with Gasteiger partial charge in [0, 0.05) is 24.2 Å². The highest BCUT2D eigenvalue weighted by Gasteiger charge is 2.49. The zero-order valence-electron chi connectivity index (χ0n) is 12.8. The molecule has 1 saturated heterocycles. The number of hydrogen-bond donors (Lipinski definition) is 1. The van der Waals surface area contributed by atoms with Crippen LogP contribution in [0.4, 0.5) is 5.82 Å². The molecule has 1 aliphatic heterocycles. The quantitative estimate of drug-likeness (QED) is 0.816. The van der Waals surface area contributed by atoms with Crippen LogP contribution in [0.1, 0.15) is 38.5 Å². The molecule has 1 N–H and O–H groups in total. The van der Waals surface area contributed by atoms with Gasteiger partial charge in [-0.05, 0) is 37.7 Å². The lowest BCUT2D eigenvalue weighted by molar-refractivity contribution is 0.299. The number of hydrogen-bond acceptors (Lipinski definition) is 3. The topological polar surface area (TPSA) is 44.8 Å². The Balaban J connectivity index is 1.65. The monoisotopic (exact) mass is 294 g/mol. The van der Waals surface area contributed by atoms with E-state index in [1.54, 1.807) is 6.33 Å². The molecule has 4 nitrogen and oxygen atoms in total. The molecule has 1 saturated carbocycles. The van der Waals surface area contributed by atoms with Crippen LogP contribution in [0.3, 0.4) is 0 Å². The Labute approximate surface area is 130 Å². The van der Waals surface area contributed by atoms with E-state index in [4.69, 9.17) is 4.98 Å². The summed E-state index contributed by atoms with van der Waals surface area (Å²) in [5, 5.41) is 1.18. The number of aromatic amines is 1. The Morgan fingerprint density at radius 3 is 3.05 bits per heavy atom. The summed E-state index contributed by atoms with van der Waals surface area (Å²) in [6.45, 7) is 0. The molecule has 0 aromatic carbocycles. The summed E-state index contributed by atoms with van der Waals surface area (Å²) in [5.74, 6) is 2.70. The molecule has 0 bridgehead atoms. The molecule has 3 heterocycles. The smallest absolute Gasteiger partial charge is 0.142 e. The minimum Gasteiger partial charge on any atom is -0.349 e. The number of nitrogens with one attached hydrogen (secondary N) is 1. The number of rotatable bonds is 1. The van der Waals surface area contributed by atoms with E-state index >= 15 is 0 Å². The number of anilines is 1. The minimum atomic E-state index is 0.631. The second-order valence-electron chi connectivity index (χ2n) is 7.01. The molecule has 4 atom stereocenters. The van der Waals surface area contributed by atoms with Gasteiger partial charge in [0.05, 0.1) is 5.39 Å². The first-order chi connectivity index (χ1) is 10.9. The van der Waals surface area contributed by atoms with Crippen molar-refractivity contribution < 1.29 is 0 Å². The fourth-order valence-corrected chi connectivity index (χ4v) is 5.15. The molecule has 114 valence electrons. The fraction of sp³-hybridized carbons (Fsp3) is 0.556. The lowest BCUT2D eigenvalue weighted by Gasteiger charge is -2.35. The molecule has 0 radical (unpaired) electrons. The first kappa shape index (κ1) is 12.7. The van der Waals surface area contributed by atoms with Crippen LogP contribution in [0, 0.1) is 11.8 Å². The lowest BCUT2D eigenvalue weighted by atomic mass is 9.76. The fourth-order valence-electron chi connectivity index (χ4n) is 5.15. The van der Waals surface area contributed by atoms with Gasteiger partial charge in [-0.2, -0.15) is 0 Å². The maximum atomic E-state index is 4.71. The second-order valence-corrected chi connectivity index (χ2v) is 7.01. The molecule has 3 aliphatic rings. The Hall–Kier alpha value is -1.84. The summed E-state index contributed by atoms with van der Waals surface area (Å²) < 4.78 is 0. The standard InChI is InChI=1S/C18H22N4/c1-3-7-15-12(5-1)13-6-2-4-8-16(13)22(15)18-14-9-10-19-17(14)20-11-21-18/h1,5,9-13,15-16H,2-4,6-8H2,(H,19,20,21). The molecule has 2 aromatic rings. The van der Waals surface area contributed by atoms with E-state index in [2.05, 4.69) is 33.1 Å².